The van der Waals surface area contributed by atoms with Crippen LogP contribution >= 0.6 is 0 Å². The van der Waals surface area contributed by atoms with Crippen molar-refractivity contribution in [1.29, 1.82) is 0 Å². The highest BCUT2D eigenvalue weighted by Crippen LogP contribution is 2.63. The normalized spacial score (nSPS) is 31.4. The zero-order valence-electron chi connectivity index (χ0n) is 13.6. The lowest BCUT2D eigenvalue weighted by atomic mass is 9.67. The second-order valence-corrected chi connectivity index (χ2v) is 7.60. The Balaban J connectivity index is 1.81. The molecule has 2 bridgehead atoms. The summed E-state index contributed by atoms with van der Waals surface area (Å²) in [5.41, 5.74) is 0.321. The number of para-hydroxylation sites is 1. The van der Waals surface area contributed by atoms with Crippen molar-refractivity contribution in [3.63, 3.8) is 0 Å². The zero-order chi connectivity index (χ0) is 16.4. The van der Waals surface area contributed by atoms with E-state index in [2.05, 4.69) is 0 Å². The van der Waals surface area contributed by atoms with E-state index in [0.717, 1.165) is 24.1 Å². The topological polar surface area (TPSA) is 54.5 Å². The number of nitrogens with zero attached hydrogens (tertiary/aromatic N) is 1. The van der Waals surface area contributed by atoms with Crippen LogP contribution in [-0.4, -0.2) is 24.0 Å². The van der Waals surface area contributed by atoms with Crippen LogP contribution in [0.4, 0.5) is 5.69 Å². The number of carbonyl (C=O) groups is 3. The van der Waals surface area contributed by atoms with Gasteiger partial charge in [-0.15, -0.1) is 0 Å². The molecule has 2 atom stereocenters. The molecule has 0 spiro atoms. The maximum Gasteiger partial charge on any atom is 0.241 e. The van der Waals surface area contributed by atoms with Crippen molar-refractivity contribution in [1.82, 2.24) is 0 Å². The van der Waals surface area contributed by atoms with Crippen molar-refractivity contribution in [2.75, 3.05) is 11.4 Å². The number of amides is 1. The Bertz CT molecular complexity index is 736. The molecule has 0 aromatic heterocycles. The molecule has 4 heteroatoms. The van der Waals surface area contributed by atoms with Gasteiger partial charge in [0.05, 0.1) is 0 Å². The second-order valence-electron chi connectivity index (χ2n) is 7.60. The third kappa shape index (κ3) is 1.59. The van der Waals surface area contributed by atoms with Gasteiger partial charge >= 0.3 is 0 Å². The van der Waals surface area contributed by atoms with Gasteiger partial charge in [-0.2, -0.15) is 0 Å². The number of benzene rings is 1. The molecule has 120 valence electrons. The molecule has 0 saturated heterocycles. The monoisotopic (exact) mass is 311 g/mol. The summed E-state index contributed by atoms with van der Waals surface area (Å²) in [5.74, 6) is -1.24. The average Bonchev–Trinajstić information content (AvgIpc) is 2.90. The first-order valence-electron chi connectivity index (χ1n) is 8.40. The highest BCUT2D eigenvalue weighted by atomic mass is 16.2. The third-order valence-electron chi connectivity index (χ3n) is 6.43. The molecule has 1 heterocycles. The second kappa shape index (κ2) is 4.53. The van der Waals surface area contributed by atoms with Crippen molar-refractivity contribution in [3.8, 4) is 0 Å². The van der Waals surface area contributed by atoms with Crippen LogP contribution in [0.2, 0.25) is 0 Å². The van der Waals surface area contributed by atoms with Crippen LogP contribution in [-0.2, 0) is 20.8 Å². The lowest BCUT2D eigenvalue weighted by Crippen LogP contribution is -2.53. The van der Waals surface area contributed by atoms with Gasteiger partial charge in [0.1, 0.15) is 5.41 Å². The molecule has 2 saturated carbocycles. The number of hydrogen-bond acceptors (Lipinski definition) is 3. The van der Waals surface area contributed by atoms with Gasteiger partial charge in [-0.25, -0.2) is 0 Å². The summed E-state index contributed by atoms with van der Waals surface area (Å²) in [7, 11) is 0. The van der Waals surface area contributed by atoms with Gasteiger partial charge in [-0.05, 0) is 42.7 Å². The fourth-order valence-electron chi connectivity index (χ4n) is 5.03. The molecule has 4 rings (SSSR count). The van der Waals surface area contributed by atoms with Gasteiger partial charge in [-0.1, -0.05) is 32.0 Å². The van der Waals surface area contributed by atoms with E-state index in [4.69, 9.17) is 0 Å². The standard InChI is InChI=1S/C19H21NO3/c1-18(2)13-9-10-19(18,16(22)15(13)21)17(23)20-11-5-7-12-6-3-4-8-14(12)20/h3-4,6,8,13H,5,7,9-11H2,1-2H3/t13-,19+/m0/s1. The molecule has 3 aliphatic rings. The van der Waals surface area contributed by atoms with Crippen LogP contribution in [0, 0.1) is 16.7 Å². The van der Waals surface area contributed by atoms with Crippen molar-refractivity contribution in [2.45, 2.75) is 39.5 Å². The fourth-order valence-corrected chi connectivity index (χ4v) is 5.03. The van der Waals surface area contributed by atoms with Crippen LogP contribution < -0.4 is 4.90 Å². The van der Waals surface area contributed by atoms with E-state index in [1.54, 1.807) is 4.90 Å². The van der Waals surface area contributed by atoms with E-state index in [1.807, 2.05) is 38.1 Å². The van der Waals surface area contributed by atoms with Crippen LogP contribution in [0.25, 0.3) is 0 Å². The van der Waals surface area contributed by atoms with E-state index < -0.39 is 16.6 Å². The predicted molar refractivity (Wildman–Crippen MR) is 86.1 cm³/mol. The van der Waals surface area contributed by atoms with Crippen LogP contribution in [0.15, 0.2) is 24.3 Å². The Morgan fingerprint density at radius 3 is 2.65 bits per heavy atom. The smallest absolute Gasteiger partial charge is 0.241 e. The maximum absolute atomic E-state index is 13.5. The molecule has 1 aromatic carbocycles. The molecule has 2 fully saturated rings. The quantitative estimate of drug-likeness (QED) is 0.591. The number of carbonyl (C=O) groups excluding carboxylic acids is 3. The number of rotatable bonds is 1. The molecule has 2 aliphatic carbocycles. The first-order valence-corrected chi connectivity index (χ1v) is 8.40. The molecular formula is C19H21NO3. The SMILES string of the molecule is CC1(C)[C@H]2CC[C@]1(C(=O)N1CCCc3ccccc31)C(=O)C2=O. The minimum absolute atomic E-state index is 0.159. The largest absolute Gasteiger partial charge is 0.311 e. The molecule has 1 amide bonds. The van der Waals surface area contributed by atoms with Gasteiger partial charge in [0, 0.05) is 18.2 Å². The van der Waals surface area contributed by atoms with Crippen molar-refractivity contribution in [2.24, 2.45) is 16.7 Å². The summed E-state index contributed by atoms with van der Waals surface area (Å²) >= 11 is 0. The minimum atomic E-state index is -1.15. The maximum atomic E-state index is 13.5. The Morgan fingerprint density at radius 2 is 1.96 bits per heavy atom. The predicted octanol–water partition coefficient (Wildman–Crippen LogP) is 2.54. The molecule has 23 heavy (non-hydrogen) atoms. The zero-order valence-corrected chi connectivity index (χ0v) is 13.6. The lowest BCUT2D eigenvalue weighted by molar-refractivity contribution is -0.148. The third-order valence-corrected chi connectivity index (χ3v) is 6.43. The lowest BCUT2D eigenvalue weighted by Gasteiger charge is -2.40. The Morgan fingerprint density at radius 1 is 1.22 bits per heavy atom. The summed E-state index contributed by atoms with van der Waals surface area (Å²) in [4.78, 5) is 40.2. The average molecular weight is 311 g/mol. The number of Topliss-reactive ketones (excluding diaryl/α,β-unsaturated/α-hetero) is 2. The number of fused-ring (bicyclic) bond motifs is 3. The number of anilines is 1. The van der Waals surface area contributed by atoms with E-state index >= 15 is 0 Å². The summed E-state index contributed by atoms with van der Waals surface area (Å²) in [5, 5.41) is 0. The van der Waals surface area contributed by atoms with Crippen LogP contribution in [0.1, 0.15) is 38.7 Å². The van der Waals surface area contributed by atoms with E-state index in [0.29, 0.717) is 19.4 Å². The fraction of sp³-hybridized carbons (Fsp3) is 0.526. The Kier molecular flexibility index (Phi) is 2.88. The van der Waals surface area contributed by atoms with Crippen LogP contribution in [0.5, 0.6) is 0 Å². The van der Waals surface area contributed by atoms with Gasteiger partial charge in [0.15, 0.2) is 0 Å². The van der Waals surface area contributed by atoms with Gasteiger partial charge < -0.3 is 4.90 Å². The summed E-state index contributed by atoms with van der Waals surface area (Å²) in [6.07, 6.45) is 3.00. The Labute approximate surface area is 135 Å². The van der Waals surface area contributed by atoms with E-state index in [1.165, 1.54) is 0 Å². The highest BCUT2D eigenvalue weighted by molar-refractivity contribution is 6.48. The van der Waals surface area contributed by atoms with Gasteiger partial charge in [0.2, 0.25) is 17.5 Å². The molecule has 0 N–H and O–H groups in total. The van der Waals surface area contributed by atoms with Crippen molar-refractivity contribution >= 4 is 23.2 Å². The van der Waals surface area contributed by atoms with Gasteiger partial charge in [-0.3, -0.25) is 14.4 Å². The Hall–Kier alpha value is -1.97. The molecular weight excluding hydrogens is 290 g/mol. The molecule has 1 aromatic rings. The van der Waals surface area contributed by atoms with E-state index in [9.17, 15) is 14.4 Å². The molecule has 0 unspecified atom stereocenters. The number of aryl methyl sites for hydroxylation is 1. The summed E-state index contributed by atoms with van der Waals surface area (Å²) < 4.78 is 0. The first kappa shape index (κ1) is 14.6. The summed E-state index contributed by atoms with van der Waals surface area (Å²) in [6.45, 7) is 4.46. The molecule has 0 radical (unpaired) electrons. The van der Waals surface area contributed by atoms with E-state index in [-0.39, 0.29) is 17.6 Å². The van der Waals surface area contributed by atoms with Crippen molar-refractivity contribution < 1.29 is 14.4 Å². The number of hydrogen-bond donors (Lipinski definition) is 0. The van der Waals surface area contributed by atoms with Crippen molar-refractivity contribution in [3.05, 3.63) is 29.8 Å². The van der Waals surface area contributed by atoms with Crippen LogP contribution in [0.3, 0.4) is 0 Å². The number of ketones is 2. The first-order chi connectivity index (χ1) is 10.9. The van der Waals surface area contributed by atoms with Gasteiger partial charge in [0.25, 0.3) is 0 Å². The molecule has 1 aliphatic heterocycles. The molecule has 4 nitrogen and oxygen atoms in total. The highest BCUT2D eigenvalue weighted by Gasteiger charge is 2.73. The minimum Gasteiger partial charge on any atom is -0.311 e. The summed E-state index contributed by atoms with van der Waals surface area (Å²) in [6, 6.07) is 7.89.